The summed E-state index contributed by atoms with van der Waals surface area (Å²) in [7, 11) is 5.52. The second kappa shape index (κ2) is 5.93. The van der Waals surface area contributed by atoms with Crippen molar-refractivity contribution in [1.29, 1.82) is 0 Å². The standard InChI is InChI=1S/C17H24N4O/c1-17(2,3)15-11-14(18-21(15)6)12-9-7-8-10-13(12)16(22)19-20(4)5/h7-11H,1-6H3,(H,19,22). The molecule has 0 bridgehead atoms. The van der Waals surface area contributed by atoms with Crippen LogP contribution in [0.25, 0.3) is 11.3 Å². The Morgan fingerprint density at radius 3 is 2.41 bits per heavy atom. The molecule has 1 amide bonds. The van der Waals surface area contributed by atoms with Crippen LogP contribution in [0.5, 0.6) is 0 Å². The Balaban J connectivity index is 2.48. The van der Waals surface area contributed by atoms with E-state index < -0.39 is 0 Å². The van der Waals surface area contributed by atoms with Crippen LogP contribution in [0, 0.1) is 0 Å². The molecule has 0 spiro atoms. The van der Waals surface area contributed by atoms with E-state index in [9.17, 15) is 4.79 Å². The largest absolute Gasteiger partial charge is 0.285 e. The van der Waals surface area contributed by atoms with Crippen molar-refractivity contribution in [3.8, 4) is 11.3 Å². The molecule has 1 N–H and O–H groups in total. The fourth-order valence-electron chi connectivity index (χ4n) is 2.47. The van der Waals surface area contributed by atoms with Gasteiger partial charge in [0.15, 0.2) is 0 Å². The highest BCUT2D eigenvalue weighted by Crippen LogP contribution is 2.28. The lowest BCUT2D eigenvalue weighted by molar-refractivity contribution is 0.0857. The molecule has 0 saturated heterocycles. The summed E-state index contributed by atoms with van der Waals surface area (Å²) in [5, 5.41) is 6.23. The number of benzene rings is 1. The molecule has 0 radical (unpaired) electrons. The Kier molecular flexibility index (Phi) is 4.37. The van der Waals surface area contributed by atoms with Crippen LogP contribution in [0.1, 0.15) is 36.8 Å². The number of hydrogen-bond donors (Lipinski definition) is 1. The van der Waals surface area contributed by atoms with Gasteiger partial charge in [0.1, 0.15) is 0 Å². The third-order valence-electron chi connectivity index (χ3n) is 3.42. The number of hydrogen-bond acceptors (Lipinski definition) is 3. The third kappa shape index (κ3) is 3.36. The maximum atomic E-state index is 12.4. The zero-order valence-electron chi connectivity index (χ0n) is 14.1. The average Bonchev–Trinajstić information content (AvgIpc) is 2.80. The fraction of sp³-hybridized carbons (Fsp3) is 0.412. The van der Waals surface area contributed by atoms with Gasteiger partial charge in [-0.3, -0.25) is 14.9 Å². The summed E-state index contributed by atoms with van der Waals surface area (Å²) < 4.78 is 1.88. The Labute approximate surface area is 131 Å². The molecule has 5 nitrogen and oxygen atoms in total. The van der Waals surface area contributed by atoms with E-state index in [1.165, 1.54) is 0 Å². The minimum Gasteiger partial charge on any atom is -0.285 e. The van der Waals surface area contributed by atoms with Crippen molar-refractivity contribution < 1.29 is 4.79 Å². The summed E-state index contributed by atoms with van der Waals surface area (Å²) >= 11 is 0. The molecule has 118 valence electrons. The SMILES string of the molecule is CN(C)NC(=O)c1ccccc1-c1cc(C(C)(C)C)n(C)n1. The minimum absolute atomic E-state index is 0.000832. The molecule has 1 aromatic carbocycles. The highest BCUT2D eigenvalue weighted by Gasteiger charge is 2.22. The predicted molar refractivity (Wildman–Crippen MR) is 88.5 cm³/mol. The van der Waals surface area contributed by atoms with E-state index in [2.05, 4.69) is 37.4 Å². The van der Waals surface area contributed by atoms with Crippen LogP contribution >= 0.6 is 0 Å². The van der Waals surface area contributed by atoms with E-state index in [0.717, 1.165) is 17.0 Å². The van der Waals surface area contributed by atoms with Crippen LogP contribution in [-0.4, -0.2) is 34.8 Å². The smallest absolute Gasteiger partial charge is 0.266 e. The molecule has 5 heteroatoms. The van der Waals surface area contributed by atoms with Crippen molar-refractivity contribution >= 4 is 5.91 Å². The summed E-state index contributed by atoms with van der Waals surface area (Å²) in [6, 6.07) is 9.59. The first-order valence-electron chi connectivity index (χ1n) is 7.32. The van der Waals surface area contributed by atoms with Gasteiger partial charge in [0.05, 0.1) is 11.3 Å². The zero-order chi connectivity index (χ0) is 16.5. The van der Waals surface area contributed by atoms with Crippen LogP contribution in [0.15, 0.2) is 30.3 Å². The Hall–Kier alpha value is -2.14. The Morgan fingerprint density at radius 1 is 1.23 bits per heavy atom. The van der Waals surface area contributed by atoms with Gasteiger partial charge in [-0.1, -0.05) is 39.0 Å². The molecule has 0 fully saturated rings. The van der Waals surface area contributed by atoms with Gasteiger partial charge < -0.3 is 0 Å². The number of aryl methyl sites for hydroxylation is 1. The molecule has 1 heterocycles. The van der Waals surface area contributed by atoms with Crippen molar-refractivity contribution in [3.63, 3.8) is 0 Å². The fourth-order valence-corrected chi connectivity index (χ4v) is 2.47. The van der Waals surface area contributed by atoms with Crippen molar-refractivity contribution in [1.82, 2.24) is 20.2 Å². The molecule has 0 aliphatic heterocycles. The number of nitrogens with one attached hydrogen (secondary N) is 1. The maximum Gasteiger partial charge on any atom is 0.266 e. The number of nitrogens with zero attached hydrogens (tertiary/aromatic N) is 3. The van der Waals surface area contributed by atoms with Gasteiger partial charge in [0, 0.05) is 37.8 Å². The molecule has 2 aromatic rings. The maximum absolute atomic E-state index is 12.4. The Morgan fingerprint density at radius 2 is 1.86 bits per heavy atom. The molecule has 0 aliphatic carbocycles. The monoisotopic (exact) mass is 300 g/mol. The lowest BCUT2D eigenvalue weighted by Crippen LogP contribution is -2.36. The number of hydrazine groups is 1. The molecule has 0 atom stereocenters. The summed E-state index contributed by atoms with van der Waals surface area (Å²) in [6.07, 6.45) is 0. The van der Waals surface area contributed by atoms with E-state index in [1.54, 1.807) is 19.1 Å². The average molecular weight is 300 g/mol. The highest BCUT2D eigenvalue weighted by atomic mass is 16.2. The first kappa shape index (κ1) is 16.2. The van der Waals surface area contributed by atoms with E-state index in [-0.39, 0.29) is 11.3 Å². The van der Waals surface area contributed by atoms with Gasteiger partial charge in [-0.05, 0) is 12.1 Å². The van der Waals surface area contributed by atoms with Gasteiger partial charge >= 0.3 is 0 Å². The first-order chi connectivity index (χ1) is 10.2. The number of aromatic nitrogens is 2. The summed E-state index contributed by atoms with van der Waals surface area (Å²) in [6.45, 7) is 6.45. The molecular formula is C17H24N4O. The lowest BCUT2D eigenvalue weighted by atomic mass is 9.91. The quantitative estimate of drug-likeness (QED) is 0.886. The molecule has 2 rings (SSSR count). The van der Waals surface area contributed by atoms with Crippen molar-refractivity contribution in [3.05, 3.63) is 41.6 Å². The van der Waals surface area contributed by atoms with E-state index in [4.69, 9.17) is 0 Å². The topological polar surface area (TPSA) is 50.2 Å². The second-order valence-electron chi connectivity index (χ2n) is 6.67. The van der Waals surface area contributed by atoms with Crippen molar-refractivity contribution in [2.45, 2.75) is 26.2 Å². The van der Waals surface area contributed by atoms with Gasteiger partial charge in [-0.15, -0.1) is 0 Å². The molecule has 1 aromatic heterocycles. The molecule has 0 saturated carbocycles. The highest BCUT2D eigenvalue weighted by molar-refractivity contribution is 6.00. The predicted octanol–water partition coefficient (Wildman–Crippen LogP) is 2.59. The van der Waals surface area contributed by atoms with Gasteiger partial charge in [0.2, 0.25) is 0 Å². The summed E-state index contributed by atoms with van der Waals surface area (Å²) in [4.78, 5) is 12.4. The summed E-state index contributed by atoms with van der Waals surface area (Å²) in [5.41, 5.74) is 6.19. The number of amides is 1. The van der Waals surface area contributed by atoms with Crippen molar-refractivity contribution in [2.75, 3.05) is 14.1 Å². The van der Waals surface area contributed by atoms with E-state index in [1.807, 2.05) is 36.0 Å². The number of carbonyl (C=O) groups is 1. The molecule has 22 heavy (non-hydrogen) atoms. The van der Waals surface area contributed by atoms with Crippen molar-refractivity contribution in [2.24, 2.45) is 7.05 Å². The molecule has 0 unspecified atom stereocenters. The second-order valence-corrected chi connectivity index (χ2v) is 6.67. The Bertz CT molecular complexity index is 680. The normalized spacial score (nSPS) is 11.8. The molecular weight excluding hydrogens is 276 g/mol. The lowest BCUT2D eigenvalue weighted by Gasteiger charge is -2.17. The van der Waals surface area contributed by atoms with Crippen LogP contribution in [-0.2, 0) is 12.5 Å². The van der Waals surface area contributed by atoms with Crippen LogP contribution < -0.4 is 5.43 Å². The van der Waals surface area contributed by atoms with E-state index >= 15 is 0 Å². The number of carbonyl (C=O) groups excluding carboxylic acids is 1. The molecule has 0 aliphatic rings. The van der Waals surface area contributed by atoms with Crippen LogP contribution in [0.4, 0.5) is 0 Å². The van der Waals surface area contributed by atoms with Crippen LogP contribution in [0.2, 0.25) is 0 Å². The first-order valence-corrected chi connectivity index (χ1v) is 7.32. The van der Waals surface area contributed by atoms with Crippen LogP contribution in [0.3, 0.4) is 0 Å². The van der Waals surface area contributed by atoms with Gasteiger partial charge in [-0.25, -0.2) is 5.01 Å². The minimum atomic E-state index is -0.136. The zero-order valence-corrected chi connectivity index (χ0v) is 14.1. The summed E-state index contributed by atoms with van der Waals surface area (Å²) in [5.74, 6) is -0.136. The van der Waals surface area contributed by atoms with Gasteiger partial charge in [0.25, 0.3) is 5.91 Å². The number of rotatable bonds is 3. The van der Waals surface area contributed by atoms with Gasteiger partial charge in [-0.2, -0.15) is 5.10 Å². The van der Waals surface area contributed by atoms with E-state index in [0.29, 0.717) is 5.56 Å². The third-order valence-corrected chi connectivity index (χ3v) is 3.42.